The average molecular weight is 298 g/mol. The quantitative estimate of drug-likeness (QED) is 0.870. The first-order valence-electron chi connectivity index (χ1n) is 6.42. The number of halogens is 2. The van der Waals surface area contributed by atoms with Gasteiger partial charge in [0.15, 0.2) is 0 Å². The van der Waals surface area contributed by atoms with Gasteiger partial charge in [-0.15, -0.1) is 0 Å². The zero-order valence-corrected chi connectivity index (χ0v) is 12.2. The van der Waals surface area contributed by atoms with Gasteiger partial charge in [-0.3, -0.25) is 0 Å². The van der Waals surface area contributed by atoms with E-state index in [2.05, 4.69) is 19.2 Å². The van der Waals surface area contributed by atoms with E-state index in [1.54, 1.807) is 6.26 Å². The van der Waals surface area contributed by atoms with Crippen LogP contribution in [0.2, 0.25) is 5.02 Å². The SMILES string of the molecule is CC(C)NCc1ccoc1COc1ccc(F)c(Cl)c1. The van der Waals surface area contributed by atoms with Gasteiger partial charge < -0.3 is 14.5 Å². The molecule has 3 nitrogen and oxygen atoms in total. The van der Waals surface area contributed by atoms with Crippen molar-refractivity contribution in [1.29, 1.82) is 0 Å². The number of hydrogen-bond donors (Lipinski definition) is 1. The molecule has 0 saturated carbocycles. The summed E-state index contributed by atoms with van der Waals surface area (Å²) < 4.78 is 24.0. The van der Waals surface area contributed by atoms with E-state index < -0.39 is 5.82 Å². The Balaban J connectivity index is 1.96. The summed E-state index contributed by atoms with van der Waals surface area (Å²) in [5, 5.41) is 3.36. The van der Waals surface area contributed by atoms with Crippen LogP contribution in [0.5, 0.6) is 5.75 Å². The summed E-state index contributed by atoms with van der Waals surface area (Å²) in [6.45, 7) is 5.16. The van der Waals surface area contributed by atoms with Gasteiger partial charge in [0.25, 0.3) is 0 Å². The third kappa shape index (κ3) is 3.99. The molecule has 2 rings (SSSR count). The zero-order chi connectivity index (χ0) is 14.5. The maximum Gasteiger partial charge on any atom is 0.146 e. The van der Waals surface area contributed by atoms with Gasteiger partial charge in [0.2, 0.25) is 0 Å². The van der Waals surface area contributed by atoms with E-state index >= 15 is 0 Å². The minimum Gasteiger partial charge on any atom is -0.486 e. The van der Waals surface area contributed by atoms with E-state index in [0.29, 0.717) is 11.8 Å². The Morgan fingerprint density at radius 1 is 1.35 bits per heavy atom. The van der Waals surface area contributed by atoms with Crippen LogP contribution >= 0.6 is 11.6 Å². The second-order valence-corrected chi connectivity index (χ2v) is 5.18. The molecule has 0 spiro atoms. The molecule has 0 saturated heterocycles. The van der Waals surface area contributed by atoms with Crippen molar-refractivity contribution in [2.75, 3.05) is 0 Å². The Hall–Kier alpha value is -1.52. The molecule has 0 unspecified atom stereocenters. The van der Waals surface area contributed by atoms with E-state index in [1.807, 2.05) is 6.07 Å². The third-order valence-corrected chi connectivity index (χ3v) is 3.09. The lowest BCUT2D eigenvalue weighted by Gasteiger charge is -2.09. The lowest BCUT2D eigenvalue weighted by molar-refractivity contribution is 0.267. The molecule has 1 N–H and O–H groups in total. The minimum atomic E-state index is -0.459. The minimum absolute atomic E-state index is 0.0450. The highest BCUT2D eigenvalue weighted by Crippen LogP contribution is 2.22. The number of benzene rings is 1. The molecule has 1 aromatic carbocycles. The maximum absolute atomic E-state index is 13.0. The maximum atomic E-state index is 13.0. The number of ether oxygens (including phenoxy) is 1. The van der Waals surface area contributed by atoms with Crippen LogP contribution in [0.25, 0.3) is 0 Å². The summed E-state index contributed by atoms with van der Waals surface area (Å²) in [4.78, 5) is 0. The molecule has 0 fully saturated rings. The Bertz CT molecular complexity index is 569. The standard InChI is InChI=1S/C15H17ClFNO2/c1-10(2)18-8-11-5-6-19-15(11)9-20-12-3-4-14(17)13(16)7-12/h3-7,10,18H,8-9H2,1-2H3. The van der Waals surface area contributed by atoms with E-state index in [-0.39, 0.29) is 11.6 Å². The molecule has 0 bridgehead atoms. The van der Waals surface area contributed by atoms with Crippen LogP contribution in [0, 0.1) is 5.82 Å². The highest BCUT2D eigenvalue weighted by Gasteiger charge is 2.08. The smallest absolute Gasteiger partial charge is 0.146 e. The molecule has 5 heteroatoms. The molecule has 0 atom stereocenters. The molecule has 0 aliphatic carbocycles. The second-order valence-electron chi connectivity index (χ2n) is 4.77. The first-order valence-corrected chi connectivity index (χ1v) is 6.80. The number of furan rings is 1. The monoisotopic (exact) mass is 297 g/mol. The second kappa shape index (κ2) is 6.77. The fourth-order valence-electron chi connectivity index (χ4n) is 1.68. The molecule has 0 radical (unpaired) electrons. The van der Waals surface area contributed by atoms with Crippen molar-refractivity contribution >= 4 is 11.6 Å². The van der Waals surface area contributed by atoms with Gasteiger partial charge in [-0.05, 0) is 18.2 Å². The van der Waals surface area contributed by atoms with Crippen LogP contribution in [-0.4, -0.2) is 6.04 Å². The molecule has 0 aliphatic heterocycles. The molecule has 1 aromatic heterocycles. The fourth-order valence-corrected chi connectivity index (χ4v) is 1.85. The van der Waals surface area contributed by atoms with Gasteiger partial charge in [0.05, 0.1) is 11.3 Å². The van der Waals surface area contributed by atoms with Crippen molar-refractivity contribution in [3.8, 4) is 5.75 Å². The molecule has 20 heavy (non-hydrogen) atoms. The molecule has 108 valence electrons. The van der Waals surface area contributed by atoms with Gasteiger partial charge in [-0.25, -0.2) is 4.39 Å². The average Bonchev–Trinajstić information content (AvgIpc) is 2.85. The van der Waals surface area contributed by atoms with Gasteiger partial charge in [-0.2, -0.15) is 0 Å². The van der Waals surface area contributed by atoms with Crippen LogP contribution in [0.3, 0.4) is 0 Å². The number of hydrogen-bond acceptors (Lipinski definition) is 3. The Kier molecular flexibility index (Phi) is 5.04. The van der Waals surface area contributed by atoms with Crippen molar-refractivity contribution in [1.82, 2.24) is 5.32 Å². The zero-order valence-electron chi connectivity index (χ0n) is 11.5. The summed E-state index contributed by atoms with van der Waals surface area (Å²) in [5.74, 6) is 0.799. The molecule has 1 heterocycles. The largest absolute Gasteiger partial charge is 0.486 e. The Labute approximate surface area is 122 Å². The first kappa shape index (κ1) is 14.9. The highest BCUT2D eigenvalue weighted by molar-refractivity contribution is 6.30. The highest BCUT2D eigenvalue weighted by atomic mass is 35.5. The molecular formula is C15H17ClFNO2. The predicted molar refractivity (Wildman–Crippen MR) is 76.4 cm³/mol. The molecule has 0 amide bonds. The van der Waals surface area contributed by atoms with E-state index in [0.717, 1.165) is 17.9 Å². The summed E-state index contributed by atoms with van der Waals surface area (Å²) >= 11 is 5.70. The van der Waals surface area contributed by atoms with Crippen LogP contribution in [0.4, 0.5) is 4.39 Å². The summed E-state index contributed by atoms with van der Waals surface area (Å²) in [6, 6.07) is 6.57. The molecule has 0 aliphatic rings. The van der Waals surface area contributed by atoms with Crippen molar-refractivity contribution in [3.05, 3.63) is 52.7 Å². The summed E-state index contributed by atoms with van der Waals surface area (Å²) in [5.41, 5.74) is 1.05. The normalized spacial score (nSPS) is 11.1. The first-order chi connectivity index (χ1) is 9.56. The van der Waals surface area contributed by atoms with Crippen molar-refractivity contribution < 1.29 is 13.5 Å². The summed E-state index contributed by atoms with van der Waals surface area (Å²) in [6.07, 6.45) is 1.63. The van der Waals surface area contributed by atoms with Crippen molar-refractivity contribution in [3.63, 3.8) is 0 Å². The molecule has 2 aromatic rings. The van der Waals surface area contributed by atoms with Gasteiger partial charge in [-0.1, -0.05) is 25.4 Å². The van der Waals surface area contributed by atoms with Crippen LogP contribution < -0.4 is 10.1 Å². The Morgan fingerprint density at radius 3 is 2.85 bits per heavy atom. The predicted octanol–water partition coefficient (Wildman–Crippen LogP) is 4.15. The third-order valence-electron chi connectivity index (χ3n) is 2.80. The van der Waals surface area contributed by atoms with Crippen LogP contribution in [0.15, 0.2) is 34.9 Å². The Morgan fingerprint density at radius 2 is 2.15 bits per heavy atom. The topological polar surface area (TPSA) is 34.4 Å². The van der Waals surface area contributed by atoms with E-state index in [4.69, 9.17) is 20.8 Å². The molecular weight excluding hydrogens is 281 g/mol. The fraction of sp³-hybridized carbons (Fsp3) is 0.333. The van der Waals surface area contributed by atoms with Crippen LogP contribution in [-0.2, 0) is 13.2 Å². The van der Waals surface area contributed by atoms with E-state index in [1.165, 1.54) is 18.2 Å². The lowest BCUT2D eigenvalue weighted by atomic mass is 10.2. The van der Waals surface area contributed by atoms with E-state index in [9.17, 15) is 4.39 Å². The summed E-state index contributed by atoms with van der Waals surface area (Å²) in [7, 11) is 0. The van der Waals surface area contributed by atoms with Gasteiger partial charge in [0, 0.05) is 24.2 Å². The van der Waals surface area contributed by atoms with Gasteiger partial charge in [0.1, 0.15) is 23.9 Å². The van der Waals surface area contributed by atoms with Crippen molar-refractivity contribution in [2.45, 2.75) is 33.0 Å². The van der Waals surface area contributed by atoms with Crippen molar-refractivity contribution in [2.24, 2.45) is 0 Å². The van der Waals surface area contributed by atoms with Gasteiger partial charge >= 0.3 is 0 Å². The van der Waals surface area contributed by atoms with Crippen LogP contribution in [0.1, 0.15) is 25.2 Å². The number of rotatable bonds is 6. The number of nitrogens with one attached hydrogen (secondary N) is 1. The lowest BCUT2D eigenvalue weighted by Crippen LogP contribution is -2.22.